The van der Waals surface area contributed by atoms with Crippen molar-refractivity contribution in [2.45, 2.75) is 225 Å². The van der Waals surface area contributed by atoms with Crippen LogP contribution in [-0.4, -0.2) is 36.4 Å². The van der Waals surface area contributed by atoms with Crippen LogP contribution in [0.3, 0.4) is 0 Å². The van der Waals surface area contributed by atoms with E-state index in [1.165, 1.54) is 103 Å². The number of allylic oxidation sites excluding steroid dienone is 16. The summed E-state index contributed by atoms with van der Waals surface area (Å²) < 4.78 is 10.7. The van der Waals surface area contributed by atoms with E-state index in [1.807, 2.05) is 0 Å². The van der Waals surface area contributed by atoms with Crippen molar-refractivity contribution in [2.24, 2.45) is 0 Å². The van der Waals surface area contributed by atoms with Gasteiger partial charge in [0, 0.05) is 12.8 Å². The molecular formula is C55H92O5. The zero-order valence-corrected chi connectivity index (χ0v) is 38.9. The first-order valence-corrected chi connectivity index (χ1v) is 24.8. The highest BCUT2D eigenvalue weighted by Gasteiger charge is 2.16. The molecule has 1 atom stereocenters. The Bertz CT molecular complexity index is 1170. The zero-order chi connectivity index (χ0) is 43.5. The van der Waals surface area contributed by atoms with Gasteiger partial charge >= 0.3 is 11.9 Å². The molecule has 5 heteroatoms. The summed E-state index contributed by atoms with van der Waals surface area (Å²) in [4.78, 5) is 24.4. The van der Waals surface area contributed by atoms with E-state index in [9.17, 15) is 14.7 Å². The predicted molar refractivity (Wildman–Crippen MR) is 260 cm³/mol. The smallest absolute Gasteiger partial charge is 0.306 e. The summed E-state index contributed by atoms with van der Waals surface area (Å²) >= 11 is 0. The largest absolute Gasteiger partial charge is 0.462 e. The molecule has 0 fully saturated rings. The highest BCUT2D eigenvalue weighted by molar-refractivity contribution is 5.70. The number of carbonyl (C=O) groups excluding carboxylic acids is 2. The van der Waals surface area contributed by atoms with Gasteiger partial charge in [-0.1, -0.05) is 207 Å². The minimum Gasteiger partial charge on any atom is -0.462 e. The van der Waals surface area contributed by atoms with Crippen molar-refractivity contribution in [3.8, 4) is 0 Å². The Morgan fingerprint density at radius 2 is 0.717 bits per heavy atom. The lowest BCUT2D eigenvalue weighted by molar-refractivity contribution is -0.161. The standard InChI is InChI=1S/C55H92O5/c1-3-5-7-9-11-13-15-17-19-21-23-25-26-27-28-30-32-34-36-38-40-42-44-46-48-50-55(58)60-53(51-56)52-59-54(57)49-47-45-43-41-39-37-35-33-31-29-24-22-20-18-16-14-12-10-8-6-4-2/h5,7,11,13,16-19,22-25,27-28,32,34,53,56H,3-4,6,8-10,12,14-15,20-21,26,29-31,33,35-52H2,1-2H3/b7-5-,13-11-,18-16-,19-17-,24-22-,25-23-,28-27-,34-32-. The van der Waals surface area contributed by atoms with Crippen molar-refractivity contribution in [3.63, 3.8) is 0 Å². The van der Waals surface area contributed by atoms with Crippen LogP contribution in [0.2, 0.25) is 0 Å². The molecule has 0 aliphatic heterocycles. The Labute approximate surface area is 370 Å². The minimum absolute atomic E-state index is 0.0794. The van der Waals surface area contributed by atoms with Crippen molar-refractivity contribution >= 4 is 11.9 Å². The lowest BCUT2D eigenvalue weighted by atomic mass is 10.1. The van der Waals surface area contributed by atoms with Gasteiger partial charge in [-0.25, -0.2) is 0 Å². The molecule has 0 rings (SSSR count). The van der Waals surface area contributed by atoms with E-state index in [-0.39, 0.29) is 25.2 Å². The Morgan fingerprint density at radius 1 is 0.400 bits per heavy atom. The molecule has 0 aromatic carbocycles. The maximum absolute atomic E-state index is 12.3. The van der Waals surface area contributed by atoms with Crippen LogP contribution >= 0.6 is 0 Å². The molecule has 0 aliphatic rings. The van der Waals surface area contributed by atoms with Gasteiger partial charge in [-0.05, 0) is 96.3 Å². The normalized spacial score (nSPS) is 13.1. The van der Waals surface area contributed by atoms with Crippen LogP contribution in [0.4, 0.5) is 0 Å². The lowest BCUT2D eigenvalue weighted by Gasteiger charge is -2.15. The summed E-state index contributed by atoms with van der Waals surface area (Å²) in [6, 6.07) is 0. The summed E-state index contributed by atoms with van der Waals surface area (Å²) in [5.74, 6) is -0.616. The van der Waals surface area contributed by atoms with Crippen LogP contribution in [0.15, 0.2) is 97.2 Å². The van der Waals surface area contributed by atoms with Crippen LogP contribution in [-0.2, 0) is 19.1 Å². The molecule has 1 N–H and O–H groups in total. The van der Waals surface area contributed by atoms with Gasteiger partial charge in [0.2, 0.25) is 0 Å². The van der Waals surface area contributed by atoms with Crippen molar-refractivity contribution in [1.29, 1.82) is 0 Å². The van der Waals surface area contributed by atoms with Gasteiger partial charge in [-0.15, -0.1) is 0 Å². The molecular weight excluding hydrogens is 741 g/mol. The monoisotopic (exact) mass is 833 g/mol. The quantitative estimate of drug-likeness (QED) is 0.0376. The van der Waals surface area contributed by atoms with Gasteiger partial charge in [0.1, 0.15) is 6.61 Å². The molecule has 0 aromatic heterocycles. The van der Waals surface area contributed by atoms with Crippen LogP contribution in [0.25, 0.3) is 0 Å². The fourth-order valence-electron chi connectivity index (χ4n) is 6.65. The highest BCUT2D eigenvalue weighted by atomic mass is 16.6. The molecule has 0 heterocycles. The first-order valence-electron chi connectivity index (χ1n) is 24.8. The summed E-state index contributed by atoms with van der Waals surface area (Å²) in [6.07, 6.45) is 70.6. The Hall–Kier alpha value is -3.18. The van der Waals surface area contributed by atoms with E-state index in [1.54, 1.807) is 0 Å². The first kappa shape index (κ1) is 56.8. The molecule has 0 saturated carbocycles. The molecule has 0 spiro atoms. The van der Waals surface area contributed by atoms with E-state index in [0.717, 1.165) is 89.9 Å². The molecule has 0 radical (unpaired) electrons. The fraction of sp³-hybridized carbons (Fsp3) is 0.673. The fourth-order valence-corrected chi connectivity index (χ4v) is 6.65. The molecule has 1 unspecified atom stereocenters. The van der Waals surface area contributed by atoms with Crippen molar-refractivity contribution in [3.05, 3.63) is 97.2 Å². The lowest BCUT2D eigenvalue weighted by Crippen LogP contribution is -2.28. The summed E-state index contributed by atoms with van der Waals surface area (Å²) in [5, 5.41) is 9.62. The van der Waals surface area contributed by atoms with Gasteiger partial charge in [-0.2, -0.15) is 0 Å². The summed E-state index contributed by atoms with van der Waals surface area (Å²) in [6.45, 7) is 4.00. The zero-order valence-electron chi connectivity index (χ0n) is 38.9. The van der Waals surface area contributed by atoms with Gasteiger partial charge in [0.15, 0.2) is 6.10 Å². The van der Waals surface area contributed by atoms with Crippen molar-refractivity contribution in [1.82, 2.24) is 0 Å². The van der Waals surface area contributed by atoms with E-state index >= 15 is 0 Å². The third kappa shape index (κ3) is 47.5. The molecule has 0 amide bonds. The van der Waals surface area contributed by atoms with Gasteiger partial charge < -0.3 is 14.6 Å². The van der Waals surface area contributed by atoms with Gasteiger partial charge in [0.25, 0.3) is 0 Å². The molecule has 5 nitrogen and oxygen atoms in total. The topological polar surface area (TPSA) is 72.8 Å². The average Bonchev–Trinajstić information content (AvgIpc) is 3.25. The molecule has 0 aliphatic carbocycles. The number of ether oxygens (including phenoxy) is 2. The highest BCUT2D eigenvalue weighted by Crippen LogP contribution is 2.14. The van der Waals surface area contributed by atoms with E-state index in [0.29, 0.717) is 12.8 Å². The molecule has 60 heavy (non-hydrogen) atoms. The second-order valence-electron chi connectivity index (χ2n) is 16.2. The summed E-state index contributed by atoms with van der Waals surface area (Å²) in [7, 11) is 0. The maximum Gasteiger partial charge on any atom is 0.306 e. The maximum atomic E-state index is 12.3. The van der Waals surface area contributed by atoms with Gasteiger partial charge in [0.05, 0.1) is 6.61 Å². The third-order valence-electron chi connectivity index (χ3n) is 10.4. The number of rotatable bonds is 44. The second-order valence-corrected chi connectivity index (χ2v) is 16.2. The number of unbranched alkanes of at least 4 members (excludes halogenated alkanes) is 20. The Kier molecular flexibility index (Phi) is 47.5. The molecule has 342 valence electrons. The van der Waals surface area contributed by atoms with E-state index in [4.69, 9.17) is 9.47 Å². The molecule has 0 saturated heterocycles. The number of esters is 2. The first-order chi connectivity index (χ1) is 29.6. The van der Waals surface area contributed by atoms with Crippen LogP contribution < -0.4 is 0 Å². The SMILES string of the molecule is CC/C=C\C/C=C\C/C=C\C/C=C\C/C=C\C/C=C\CCCCCCCCC(=O)OC(CO)COC(=O)CCCCCCCCCCC/C=C\C/C=C\CCCCCCC. The Balaban J connectivity index is 3.60. The van der Waals surface area contributed by atoms with Crippen molar-refractivity contribution < 1.29 is 24.2 Å². The molecule has 0 bridgehead atoms. The number of carbonyl (C=O) groups is 2. The number of hydrogen-bond acceptors (Lipinski definition) is 5. The number of aliphatic hydroxyl groups is 1. The van der Waals surface area contributed by atoms with E-state index in [2.05, 4.69) is 111 Å². The molecule has 0 aromatic rings. The number of aliphatic hydroxyl groups excluding tert-OH is 1. The van der Waals surface area contributed by atoms with Gasteiger partial charge in [-0.3, -0.25) is 9.59 Å². The van der Waals surface area contributed by atoms with Crippen LogP contribution in [0, 0.1) is 0 Å². The number of hydrogen-bond donors (Lipinski definition) is 1. The third-order valence-corrected chi connectivity index (χ3v) is 10.4. The minimum atomic E-state index is -0.789. The van der Waals surface area contributed by atoms with Crippen molar-refractivity contribution in [2.75, 3.05) is 13.2 Å². The second kappa shape index (κ2) is 50.2. The summed E-state index contributed by atoms with van der Waals surface area (Å²) in [5.41, 5.74) is 0. The predicted octanol–water partition coefficient (Wildman–Crippen LogP) is 16.4. The van der Waals surface area contributed by atoms with Crippen LogP contribution in [0.1, 0.15) is 219 Å². The Morgan fingerprint density at radius 3 is 1.08 bits per heavy atom. The van der Waals surface area contributed by atoms with E-state index < -0.39 is 6.10 Å². The van der Waals surface area contributed by atoms with Crippen LogP contribution in [0.5, 0.6) is 0 Å². The average molecular weight is 833 g/mol.